The van der Waals surface area contributed by atoms with Crippen molar-refractivity contribution in [2.75, 3.05) is 12.5 Å². The Kier molecular flexibility index (Phi) is 19.4. The molecule has 0 aliphatic carbocycles. The summed E-state index contributed by atoms with van der Waals surface area (Å²) in [7, 11) is 0. The molecule has 3 nitrogen and oxygen atoms in total. The molecule has 0 aromatic carbocycles. The van der Waals surface area contributed by atoms with Gasteiger partial charge in [-0.25, -0.2) is 0 Å². The molecule has 16 heavy (non-hydrogen) atoms. The second-order valence-electron chi connectivity index (χ2n) is 3.73. The lowest BCUT2D eigenvalue weighted by Crippen LogP contribution is -1.92. The van der Waals surface area contributed by atoms with E-state index in [1.807, 2.05) is 0 Å². The van der Waals surface area contributed by atoms with Gasteiger partial charge in [0.05, 0.1) is 0 Å². The fourth-order valence-corrected chi connectivity index (χ4v) is 1.25. The van der Waals surface area contributed by atoms with Gasteiger partial charge in [-0.05, 0) is 6.42 Å². The first-order valence-electron chi connectivity index (χ1n) is 6.07. The van der Waals surface area contributed by atoms with Crippen LogP contribution >= 0.6 is 11.6 Å². The maximum atomic E-state index is 9.24. The standard InChI is InChI=1S/C10H22O.C2H3ClO2/c1-2-3-4-5-6-7-8-9-10-11;3-1-2(4)5/h11H,2-10H2,1H3;1H2,(H,4,5). The maximum absolute atomic E-state index is 9.24. The van der Waals surface area contributed by atoms with Crippen LogP contribution in [0.5, 0.6) is 0 Å². The van der Waals surface area contributed by atoms with E-state index in [1.54, 1.807) is 0 Å². The van der Waals surface area contributed by atoms with Crippen LogP contribution in [0.25, 0.3) is 0 Å². The fraction of sp³-hybridized carbons (Fsp3) is 0.917. The van der Waals surface area contributed by atoms with Crippen molar-refractivity contribution in [3.8, 4) is 0 Å². The number of carboxylic acid groups (broad SMARTS) is 1. The van der Waals surface area contributed by atoms with Gasteiger partial charge in [0.15, 0.2) is 0 Å². The van der Waals surface area contributed by atoms with Crippen LogP contribution in [0.15, 0.2) is 0 Å². The second-order valence-corrected chi connectivity index (χ2v) is 3.99. The van der Waals surface area contributed by atoms with Crippen molar-refractivity contribution in [1.82, 2.24) is 0 Å². The smallest absolute Gasteiger partial charge is 0.318 e. The summed E-state index contributed by atoms with van der Waals surface area (Å²) in [4.78, 5) is 9.24. The van der Waals surface area contributed by atoms with Crippen LogP contribution in [0.2, 0.25) is 0 Å². The molecule has 0 aromatic rings. The van der Waals surface area contributed by atoms with Crippen molar-refractivity contribution in [2.45, 2.75) is 58.3 Å². The summed E-state index contributed by atoms with van der Waals surface area (Å²) in [6.45, 7) is 2.61. The Labute approximate surface area is 104 Å². The molecule has 0 amide bonds. The Balaban J connectivity index is 0. The molecule has 0 aromatic heterocycles. The predicted octanol–water partition coefficient (Wildman–Crippen LogP) is 3.43. The average molecular weight is 253 g/mol. The van der Waals surface area contributed by atoms with E-state index in [4.69, 9.17) is 21.8 Å². The van der Waals surface area contributed by atoms with Gasteiger partial charge < -0.3 is 10.2 Å². The Morgan fingerprint density at radius 1 is 1.00 bits per heavy atom. The lowest BCUT2D eigenvalue weighted by molar-refractivity contribution is -0.134. The van der Waals surface area contributed by atoms with E-state index in [2.05, 4.69) is 6.92 Å². The minimum atomic E-state index is -0.980. The van der Waals surface area contributed by atoms with Crippen molar-refractivity contribution in [1.29, 1.82) is 0 Å². The lowest BCUT2D eigenvalue weighted by atomic mass is 10.1. The van der Waals surface area contributed by atoms with E-state index in [-0.39, 0.29) is 5.88 Å². The van der Waals surface area contributed by atoms with Crippen molar-refractivity contribution in [2.24, 2.45) is 0 Å². The van der Waals surface area contributed by atoms with Crippen LogP contribution in [-0.2, 0) is 4.79 Å². The zero-order valence-corrected chi connectivity index (χ0v) is 11.0. The lowest BCUT2D eigenvalue weighted by Gasteiger charge is -1.98. The van der Waals surface area contributed by atoms with Gasteiger partial charge in [0.1, 0.15) is 5.88 Å². The summed E-state index contributed by atoms with van der Waals surface area (Å²) in [5.74, 6) is -1.29. The summed E-state index contributed by atoms with van der Waals surface area (Å²) in [6, 6.07) is 0. The van der Waals surface area contributed by atoms with Gasteiger partial charge >= 0.3 is 5.97 Å². The van der Waals surface area contributed by atoms with Crippen LogP contribution in [0.4, 0.5) is 0 Å². The van der Waals surface area contributed by atoms with Crippen LogP contribution in [0, 0.1) is 0 Å². The average Bonchev–Trinajstić information content (AvgIpc) is 2.29. The number of hydrogen-bond donors (Lipinski definition) is 2. The zero-order chi connectivity index (χ0) is 12.6. The number of carboxylic acids is 1. The highest BCUT2D eigenvalue weighted by Crippen LogP contribution is 2.07. The predicted molar refractivity (Wildman–Crippen MR) is 68.1 cm³/mol. The van der Waals surface area contributed by atoms with Crippen molar-refractivity contribution in [3.05, 3.63) is 0 Å². The number of aliphatic hydroxyl groups excluding tert-OH is 1. The first kappa shape index (κ1) is 18.1. The van der Waals surface area contributed by atoms with E-state index in [0.29, 0.717) is 6.61 Å². The van der Waals surface area contributed by atoms with Crippen LogP contribution < -0.4 is 0 Å². The highest BCUT2D eigenvalue weighted by molar-refractivity contribution is 6.26. The van der Waals surface area contributed by atoms with Gasteiger partial charge in [-0.1, -0.05) is 51.9 Å². The van der Waals surface area contributed by atoms with Gasteiger partial charge in [-0.2, -0.15) is 0 Å². The molecule has 4 heteroatoms. The quantitative estimate of drug-likeness (QED) is 0.488. The summed E-state index contributed by atoms with van der Waals surface area (Å²) in [6.07, 6.45) is 10.4. The molecule has 0 fully saturated rings. The Morgan fingerprint density at radius 3 is 1.69 bits per heavy atom. The fourth-order valence-electron chi connectivity index (χ4n) is 1.25. The molecule has 0 aliphatic heterocycles. The molecule has 0 rings (SSSR count). The maximum Gasteiger partial charge on any atom is 0.318 e. The van der Waals surface area contributed by atoms with Gasteiger partial charge in [-0.15, -0.1) is 11.6 Å². The molecule has 0 bridgehead atoms. The highest BCUT2D eigenvalue weighted by atomic mass is 35.5. The largest absolute Gasteiger partial charge is 0.480 e. The van der Waals surface area contributed by atoms with Crippen molar-refractivity contribution in [3.63, 3.8) is 0 Å². The minimum absolute atomic E-state index is 0.306. The Morgan fingerprint density at radius 2 is 1.38 bits per heavy atom. The highest BCUT2D eigenvalue weighted by Gasteiger charge is 1.89. The molecule has 0 radical (unpaired) electrons. The van der Waals surface area contributed by atoms with Crippen LogP contribution in [0.3, 0.4) is 0 Å². The monoisotopic (exact) mass is 252 g/mol. The first-order valence-corrected chi connectivity index (χ1v) is 6.61. The zero-order valence-electron chi connectivity index (χ0n) is 10.3. The SMILES string of the molecule is CCCCCCCCCCO.O=C(O)CCl. The molecule has 0 saturated carbocycles. The summed E-state index contributed by atoms with van der Waals surface area (Å²) in [5.41, 5.74) is 0. The number of aliphatic hydroxyl groups is 1. The molecule has 0 spiro atoms. The van der Waals surface area contributed by atoms with Crippen molar-refractivity contribution < 1.29 is 15.0 Å². The Bertz CT molecular complexity index is 132. The number of rotatable bonds is 9. The van der Waals surface area contributed by atoms with E-state index < -0.39 is 5.97 Å². The molecule has 0 heterocycles. The van der Waals surface area contributed by atoms with Gasteiger partial charge in [0.2, 0.25) is 0 Å². The third-order valence-corrected chi connectivity index (χ3v) is 2.35. The number of hydrogen-bond acceptors (Lipinski definition) is 2. The van der Waals surface area contributed by atoms with Gasteiger partial charge in [0, 0.05) is 6.61 Å². The van der Waals surface area contributed by atoms with Crippen LogP contribution in [-0.4, -0.2) is 28.7 Å². The molecule has 0 unspecified atom stereocenters. The van der Waals surface area contributed by atoms with Crippen LogP contribution in [0.1, 0.15) is 58.3 Å². The van der Waals surface area contributed by atoms with Crippen molar-refractivity contribution >= 4 is 17.6 Å². The molecule has 98 valence electrons. The van der Waals surface area contributed by atoms with E-state index in [1.165, 1.54) is 44.9 Å². The number of aliphatic carboxylic acids is 1. The normalized spacial score (nSPS) is 9.44. The Hall–Kier alpha value is -0.280. The molecule has 0 atom stereocenters. The van der Waals surface area contributed by atoms with Gasteiger partial charge in [0.25, 0.3) is 0 Å². The topological polar surface area (TPSA) is 57.5 Å². The number of unbranched alkanes of at least 4 members (excludes halogenated alkanes) is 7. The molecular formula is C12H25ClO3. The third kappa shape index (κ3) is 23.5. The summed E-state index contributed by atoms with van der Waals surface area (Å²) in [5, 5.41) is 16.1. The third-order valence-electron chi connectivity index (χ3n) is 2.13. The van der Waals surface area contributed by atoms with E-state index in [9.17, 15) is 4.79 Å². The minimum Gasteiger partial charge on any atom is -0.480 e. The first-order chi connectivity index (χ1) is 7.68. The molecular weight excluding hydrogens is 228 g/mol. The number of carbonyl (C=O) groups is 1. The summed E-state index contributed by atoms with van der Waals surface area (Å²) >= 11 is 4.74. The van der Waals surface area contributed by atoms with Gasteiger partial charge in [-0.3, -0.25) is 4.79 Å². The van der Waals surface area contributed by atoms with E-state index >= 15 is 0 Å². The second kappa shape index (κ2) is 17.1. The van der Waals surface area contributed by atoms with E-state index in [0.717, 1.165) is 6.42 Å². The summed E-state index contributed by atoms with van der Waals surface area (Å²) < 4.78 is 0. The molecule has 0 saturated heterocycles. The molecule has 2 N–H and O–H groups in total. The number of halogens is 1. The number of alkyl halides is 1. The molecule has 0 aliphatic rings.